The van der Waals surface area contributed by atoms with Gasteiger partial charge in [-0.25, -0.2) is 19.2 Å². The predicted octanol–water partition coefficient (Wildman–Crippen LogP) is 2.08. The molecule has 0 bridgehead atoms. The fourth-order valence-electron chi connectivity index (χ4n) is 1.96. The number of nitrogens with zero attached hydrogens (tertiary/aromatic N) is 3. The fourth-order valence-corrected chi connectivity index (χ4v) is 3.46. The van der Waals surface area contributed by atoms with Crippen LogP contribution in [0.3, 0.4) is 0 Å². The van der Waals surface area contributed by atoms with Crippen LogP contribution in [0.25, 0.3) is 0 Å². The highest BCUT2D eigenvalue weighted by atomic mass is 32.2. The second-order valence-corrected chi connectivity index (χ2v) is 8.76. The van der Waals surface area contributed by atoms with E-state index in [9.17, 15) is 0 Å². The Labute approximate surface area is 111 Å². The van der Waals surface area contributed by atoms with E-state index >= 15 is 0 Å². The molecule has 0 spiro atoms. The molecule has 18 heavy (non-hydrogen) atoms. The molecule has 1 aliphatic rings. The average molecular weight is 265 g/mol. The zero-order chi connectivity index (χ0) is 13.2. The fraction of sp³-hybridized carbons (Fsp3) is 0.571. The van der Waals surface area contributed by atoms with Crippen LogP contribution in [0.15, 0.2) is 12.4 Å². The van der Waals surface area contributed by atoms with Crippen LogP contribution in [0.2, 0.25) is 0 Å². The molecule has 2 rings (SSSR count). The first-order valence-corrected chi connectivity index (χ1v) is 8.75. The third-order valence-corrected chi connectivity index (χ3v) is 5.54. The second kappa shape index (κ2) is 5.41. The predicted molar refractivity (Wildman–Crippen MR) is 83.0 cm³/mol. The van der Waals surface area contributed by atoms with Crippen molar-refractivity contribution in [1.82, 2.24) is 14.9 Å². The van der Waals surface area contributed by atoms with Gasteiger partial charge < -0.3 is 0 Å². The van der Waals surface area contributed by atoms with Crippen molar-refractivity contribution in [3.8, 4) is 0 Å². The normalized spacial score (nSPS) is 20.2. The van der Waals surface area contributed by atoms with Gasteiger partial charge in [-0.05, 0) is 23.0 Å². The second-order valence-electron chi connectivity index (χ2n) is 5.50. The van der Waals surface area contributed by atoms with Crippen molar-refractivity contribution in [3.05, 3.63) is 23.8 Å². The molecular weight excluding hydrogens is 242 g/mol. The Morgan fingerprint density at radius 1 is 1.22 bits per heavy atom. The maximum atomic E-state index is 4.45. The van der Waals surface area contributed by atoms with Crippen molar-refractivity contribution >= 4 is 20.9 Å². The third-order valence-electron chi connectivity index (χ3n) is 3.44. The van der Waals surface area contributed by atoms with Crippen LogP contribution in [0.5, 0.6) is 0 Å². The first kappa shape index (κ1) is 13.6. The molecule has 0 amide bonds. The van der Waals surface area contributed by atoms with E-state index in [-0.39, 0.29) is 0 Å². The smallest absolute Gasteiger partial charge is 0.142 e. The van der Waals surface area contributed by atoms with Crippen LogP contribution in [0.1, 0.15) is 31.2 Å². The Hall–Kier alpha value is -0.870. The van der Waals surface area contributed by atoms with E-state index in [4.69, 9.17) is 0 Å². The molecule has 0 saturated carbocycles. The summed E-state index contributed by atoms with van der Waals surface area (Å²) in [6.07, 6.45) is 3.91. The lowest BCUT2D eigenvalue weighted by Gasteiger charge is -2.30. The highest BCUT2D eigenvalue weighted by molar-refractivity contribution is 8.27. The largest absolute Gasteiger partial charge is 0.294 e. The summed E-state index contributed by atoms with van der Waals surface area (Å²) in [6, 6.07) is 0. The molecule has 1 fully saturated rings. The Morgan fingerprint density at radius 3 is 2.28 bits per heavy atom. The molecule has 2 heterocycles. The molecule has 0 N–H and O–H groups in total. The molecule has 1 aromatic rings. The summed E-state index contributed by atoms with van der Waals surface area (Å²) in [5, 5.41) is 0. The number of rotatable bonds is 3. The minimum atomic E-state index is -0.808. The molecular formula is C14H23N3S. The first-order chi connectivity index (χ1) is 8.46. The van der Waals surface area contributed by atoms with Crippen LogP contribution in [-0.2, 0) is 6.54 Å². The van der Waals surface area contributed by atoms with Crippen LogP contribution >= 0.6 is 9.21 Å². The molecule has 1 aromatic heterocycles. The Kier molecular flexibility index (Phi) is 4.07. The summed E-state index contributed by atoms with van der Waals surface area (Å²) in [6.45, 7) is 7.34. The van der Waals surface area contributed by atoms with Gasteiger partial charge in [0.05, 0.1) is 6.54 Å². The zero-order valence-corrected chi connectivity index (χ0v) is 12.2. The van der Waals surface area contributed by atoms with Crippen LogP contribution in [0.4, 0.5) is 0 Å². The van der Waals surface area contributed by atoms with E-state index in [0.717, 1.165) is 37.0 Å². The van der Waals surface area contributed by atoms with E-state index < -0.39 is 9.21 Å². The maximum Gasteiger partial charge on any atom is 0.142 e. The summed E-state index contributed by atoms with van der Waals surface area (Å²) < 4.78 is 0. The summed E-state index contributed by atoms with van der Waals surface area (Å²) in [5.74, 6) is 12.1. The van der Waals surface area contributed by atoms with Gasteiger partial charge in [-0.2, -0.15) is 0 Å². The van der Waals surface area contributed by atoms with Gasteiger partial charge in [-0.1, -0.05) is 25.6 Å². The zero-order valence-electron chi connectivity index (χ0n) is 11.4. The first-order valence-electron chi connectivity index (χ1n) is 6.44. The maximum absolute atomic E-state index is 4.45. The highest BCUT2D eigenvalue weighted by Gasteiger charge is 2.15. The quantitative estimate of drug-likeness (QED) is 0.784. The molecule has 0 aliphatic carbocycles. The molecule has 0 unspecified atom stereocenters. The van der Waals surface area contributed by atoms with Gasteiger partial charge in [0.2, 0.25) is 0 Å². The van der Waals surface area contributed by atoms with Crippen molar-refractivity contribution in [1.29, 1.82) is 0 Å². The summed E-state index contributed by atoms with van der Waals surface area (Å²) in [5.41, 5.74) is 1.20. The van der Waals surface area contributed by atoms with Crippen LogP contribution in [0, 0.1) is 0 Å². The molecule has 0 aromatic carbocycles. The summed E-state index contributed by atoms with van der Waals surface area (Å²) in [4.78, 5) is 11.3. The van der Waals surface area contributed by atoms with Gasteiger partial charge >= 0.3 is 0 Å². The SMILES string of the molecule is C=S1(=C)CCN(Cc2ncc(C(C)C)cn2)CC1. The van der Waals surface area contributed by atoms with Crippen molar-refractivity contribution < 1.29 is 0 Å². The molecule has 1 saturated heterocycles. The van der Waals surface area contributed by atoms with E-state index in [2.05, 4.69) is 40.5 Å². The summed E-state index contributed by atoms with van der Waals surface area (Å²) >= 11 is 0. The van der Waals surface area contributed by atoms with E-state index in [0.29, 0.717) is 5.92 Å². The lowest BCUT2D eigenvalue weighted by atomic mass is 10.1. The molecule has 4 heteroatoms. The van der Waals surface area contributed by atoms with Crippen molar-refractivity contribution in [2.45, 2.75) is 26.3 Å². The third kappa shape index (κ3) is 3.56. The molecule has 0 radical (unpaired) electrons. The van der Waals surface area contributed by atoms with Gasteiger partial charge in [0.1, 0.15) is 5.82 Å². The van der Waals surface area contributed by atoms with Gasteiger partial charge in [0, 0.05) is 25.5 Å². The van der Waals surface area contributed by atoms with Crippen molar-refractivity contribution in [2.24, 2.45) is 0 Å². The molecule has 1 aliphatic heterocycles. The van der Waals surface area contributed by atoms with Crippen LogP contribution < -0.4 is 0 Å². The minimum Gasteiger partial charge on any atom is -0.294 e. The Morgan fingerprint density at radius 2 is 1.78 bits per heavy atom. The average Bonchev–Trinajstić information content (AvgIpc) is 2.33. The van der Waals surface area contributed by atoms with Gasteiger partial charge in [-0.3, -0.25) is 4.90 Å². The highest BCUT2D eigenvalue weighted by Crippen LogP contribution is 2.23. The molecule has 100 valence electrons. The molecule has 0 atom stereocenters. The van der Waals surface area contributed by atoms with E-state index in [1.54, 1.807) is 0 Å². The molecule has 3 nitrogen and oxygen atoms in total. The van der Waals surface area contributed by atoms with Crippen molar-refractivity contribution in [3.63, 3.8) is 0 Å². The Balaban J connectivity index is 1.94. The number of hydrogen-bond acceptors (Lipinski definition) is 3. The monoisotopic (exact) mass is 265 g/mol. The van der Waals surface area contributed by atoms with E-state index in [1.807, 2.05) is 12.4 Å². The van der Waals surface area contributed by atoms with Crippen LogP contribution in [-0.4, -0.2) is 51.2 Å². The lowest BCUT2D eigenvalue weighted by molar-refractivity contribution is 0.286. The number of aromatic nitrogens is 2. The standard InChI is InChI=1S/C14H23N3S/c1-12(2)13-9-15-14(16-10-13)11-17-5-7-18(3,4)8-6-17/h9-10,12H,3-8,11H2,1-2H3. The van der Waals surface area contributed by atoms with Gasteiger partial charge in [-0.15, -0.1) is 0 Å². The topological polar surface area (TPSA) is 29.0 Å². The lowest BCUT2D eigenvalue weighted by Crippen LogP contribution is -2.34. The van der Waals surface area contributed by atoms with Gasteiger partial charge in [0.25, 0.3) is 0 Å². The van der Waals surface area contributed by atoms with Crippen molar-refractivity contribution in [2.75, 3.05) is 24.6 Å². The van der Waals surface area contributed by atoms with E-state index in [1.165, 1.54) is 5.56 Å². The van der Waals surface area contributed by atoms with Gasteiger partial charge in [0.15, 0.2) is 0 Å². The minimum absolute atomic E-state index is 0.496. The summed E-state index contributed by atoms with van der Waals surface area (Å²) in [7, 11) is -0.808. The Bertz CT molecular complexity index is 474. The number of hydrogen-bond donors (Lipinski definition) is 0.